The van der Waals surface area contributed by atoms with E-state index in [4.69, 9.17) is 9.31 Å². The van der Waals surface area contributed by atoms with Gasteiger partial charge in [0.15, 0.2) is 0 Å². The maximum Gasteiger partial charge on any atom is 0.497 e. The molecule has 1 aromatic carbocycles. The zero-order valence-corrected chi connectivity index (χ0v) is 12.6. The molecule has 4 nitrogen and oxygen atoms in total. The topological polar surface area (TPSA) is 44.2 Å². The summed E-state index contributed by atoms with van der Waals surface area (Å²) >= 11 is 0. The van der Waals surface area contributed by atoms with Crippen LogP contribution < -0.4 is 5.46 Å². The van der Waals surface area contributed by atoms with Crippen LogP contribution in [0.4, 0.5) is 0 Å². The molecule has 1 aliphatic rings. The van der Waals surface area contributed by atoms with Crippen molar-refractivity contribution in [1.82, 2.24) is 9.97 Å². The Balaban J connectivity index is 2.12. The van der Waals surface area contributed by atoms with Crippen molar-refractivity contribution in [2.24, 2.45) is 0 Å². The van der Waals surface area contributed by atoms with Crippen molar-refractivity contribution in [2.45, 2.75) is 45.8 Å². The third-order valence-corrected chi connectivity index (χ3v) is 4.25. The van der Waals surface area contributed by atoms with Crippen molar-refractivity contribution in [3.8, 4) is 0 Å². The Morgan fingerprint density at radius 2 is 1.55 bits per heavy atom. The molecule has 0 spiro atoms. The minimum Gasteiger partial charge on any atom is -0.399 e. The van der Waals surface area contributed by atoms with Gasteiger partial charge in [0.2, 0.25) is 0 Å². The summed E-state index contributed by atoms with van der Waals surface area (Å²) < 4.78 is 12.2. The zero-order chi connectivity index (χ0) is 14.5. The number of fused-ring (bicyclic) bond motifs is 1. The first-order chi connectivity index (χ1) is 9.30. The normalized spacial score (nSPS) is 20.6. The van der Waals surface area contributed by atoms with Crippen molar-refractivity contribution >= 4 is 23.6 Å². The van der Waals surface area contributed by atoms with Crippen LogP contribution in [0.15, 0.2) is 24.5 Å². The molecule has 0 amide bonds. The Bertz CT molecular complexity index is 654. The van der Waals surface area contributed by atoms with Crippen LogP contribution in [-0.2, 0) is 9.31 Å². The van der Waals surface area contributed by atoms with Crippen molar-refractivity contribution in [3.63, 3.8) is 0 Å². The summed E-state index contributed by atoms with van der Waals surface area (Å²) in [7, 11) is -0.404. The third-order valence-electron chi connectivity index (χ3n) is 4.25. The molecule has 0 N–H and O–H groups in total. The highest BCUT2D eigenvalue weighted by molar-refractivity contribution is 6.64. The van der Waals surface area contributed by atoms with Crippen molar-refractivity contribution in [1.29, 1.82) is 0 Å². The van der Waals surface area contributed by atoms with Gasteiger partial charge in [0.25, 0.3) is 0 Å². The Morgan fingerprint density at radius 1 is 0.950 bits per heavy atom. The highest BCUT2D eigenvalue weighted by atomic mass is 16.7. The minimum absolute atomic E-state index is 0.351. The van der Waals surface area contributed by atoms with E-state index in [2.05, 4.69) is 43.7 Å². The number of hydrogen-bond acceptors (Lipinski definition) is 4. The first-order valence-electron chi connectivity index (χ1n) is 6.87. The highest BCUT2D eigenvalue weighted by Gasteiger charge is 2.52. The maximum atomic E-state index is 6.12. The monoisotopic (exact) mass is 270 g/mol. The molecule has 104 valence electrons. The molecule has 20 heavy (non-hydrogen) atoms. The Hall–Kier alpha value is -1.46. The van der Waals surface area contributed by atoms with Crippen LogP contribution in [0.2, 0.25) is 0 Å². The molecule has 0 bridgehead atoms. The molecule has 3 rings (SSSR count). The predicted molar refractivity (Wildman–Crippen MR) is 80.0 cm³/mol. The smallest absolute Gasteiger partial charge is 0.399 e. The lowest BCUT2D eigenvalue weighted by molar-refractivity contribution is 0.00578. The van der Waals surface area contributed by atoms with Crippen LogP contribution in [0.3, 0.4) is 0 Å². The summed E-state index contributed by atoms with van der Waals surface area (Å²) in [6.07, 6.45) is 3.40. The predicted octanol–water partition coefficient (Wildman–Crippen LogP) is 2.24. The van der Waals surface area contributed by atoms with Gasteiger partial charge in [-0.1, -0.05) is 6.07 Å². The van der Waals surface area contributed by atoms with Gasteiger partial charge in [-0.3, -0.25) is 9.97 Å². The Morgan fingerprint density at radius 3 is 2.20 bits per heavy atom. The van der Waals surface area contributed by atoms with Crippen molar-refractivity contribution < 1.29 is 9.31 Å². The van der Waals surface area contributed by atoms with Gasteiger partial charge in [-0.05, 0) is 46.2 Å². The summed E-state index contributed by atoms with van der Waals surface area (Å²) in [4.78, 5) is 8.81. The third kappa shape index (κ3) is 2.01. The van der Waals surface area contributed by atoms with E-state index in [9.17, 15) is 0 Å². The van der Waals surface area contributed by atoms with E-state index < -0.39 is 7.12 Å². The number of rotatable bonds is 1. The molecule has 5 heteroatoms. The van der Waals surface area contributed by atoms with Gasteiger partial charge < -0.3 is 9.31 Å². The average molecular weight is 270 g/mol. The number of hydrogen-bond donors (Lipinski definition) is 0. The zero-order valence-electron chi connectivity index (χ0n) is 12.6. The Labute approximate surface area is 119 Å². The fourth-order valence-electron chi connectivity index (χ4n) is 2.40. The molecule has 2 heterocycles. The summed E-state index contributed by atoms with van der Waals surface area (Å²) in [5, 5.41) is 0. The van der Waals surface area contributed by atoms with Crippen LogP contribution >= 0.6 is 0 Å². The van der Waals surface area contributed by atoms with Gasteiger partial charge in [0.05, 0.1) is 22.2 Å². The van der Waals surface area contributed by atoms with E-state index in [0.29, 0.717) is 0 Å². The minimum atomic E-state index is -0.404. The second-order valence-corrected chi connectivity index (χ2v) is 6.37. The lowest BCUT2D eigenvalue weighted by Gasteiger charge is -2.32. The standard InChI is InChI=1S/C15H19BN2O2/c1-10-8-11(13-12(9-10)17-6-7-18-13)16-19-14(2,3)15(4,5)20-16/h6-9H,1-5H3. The molecule has 0 aliphatic carbocycles. The molecule has 1 saturated heterocycles. The van der Waals surface area contributed by atoms with Crippen LogP contribution in [0.1, 0.15) is 33.3 Å². The quantitative estimate of drug-likeness (QED) is 0.745. The number of benzene rings is 1. The van der Waals surface area contributed by atoms with Crippen LogP contribution in [-0.4, -0.2) is 28.3 Å². The van der Waals surface area contributed by atoms with E-state index >= 15 is 0 Å². The SMILES string of the molecule is Cc1cc(B2OC(C)(C)C(C)(C)O2)c2nccnc2c1. The van der Waals surface area contributed by atoms with Crippen LogP contribution in [0.5, 0.6) is 0 Å². The highest BCUT2D eigenvalue weighted by Crippen LogP contribution is 2.36. The summed E-state index contributed by atoms with van der Waals surface area (Å²) in [5.74, 6) is 0. The fourth-order valence-corrected chi connectivity index (χ4v) is 2.40. The average Bonchev–Trinajstić information content (AvgIpc) is 2.57. The van der Waals surface area contributed by atoms with Crippen molar-refractivity contribution in [2.75, 3.05) is 0 Å². The lowest BCUT2D eigenvalue weighted by atomic mass is 9.77. The first-order valence-corrected chi connectivity index (χ1v) is 6.87. The number of aryl methyl sites for hydroxylation is 1. The molecule has 2 aromatic rings. The van der Waals surface area contributed by atoms with Gasteiger partial charge in [-0.15, -0.1) is 0 Å². The summed E-state index contributed by atoms with van der Waals surface area (Å²) in [6.45, 7) is 10.3. The lowest BCUT2D eigenvalue weighted by Crippen LogP contribution is -2.41. The molecule has 0 saturated carbocycles. The van der Waals surface area contributed by atoms with Gasteiger partial charge in [-0.2, -0.15) is 0 Å². The second-order valence-electron chi connectivity index (χ2n) is 6.37. The molecule has 1 fully saturated rings. The summed E-state index contributed by atoms with van der Waals surface area (Å²) in [5.41, 5.74) is 3.09. The molecule has 0 atom stereocenters. The number of aromatic nitrogens is 2. The van der Waals surface area contributed by atoms with Gasteiger partial charge >= 0.3 is 7.12 Å². The van der Waals surface area contributed by atoms with Gasteiger partial charge in [0, 0.05) is 17.9 Å². The second kappa shape index (κ2) is 4.27. The first kappa shape index (κ1) is 13.5. The van der Waals surface area contributed by atoms with E-state index in [1.807, 2.05) is 13.0 Å². The summed E-state index contributed by atoms with van der Waals surface area (Å²) in [6, 6.07) is 4.09. The van der Waals surface area contributed by atoms with Crippen molar-refractivity contribution in [3.05, 3.63) is 30.1 Å². The maximum absolute atomic E-state index is 6.12. The van der Waals surface area contributed by atoms with Gasteiger partial charge in [-0.25, -0.2) is 0 Å². The Kier molecular flexibility index (Phi) is 2.89. The molecular weight excluding hydrogens is 251 g/mol. The van der Waals surface area contributed by atoms with Crippen LogP contribution in [0.25, 0.3) is 11.0 Å². The van der Waals surface area contributed by atoms with Crippen LogP contribution in [0, 0.1) is 6.92 Å². The molecule has 1 aromatic heterocycles. The fraction of sp³-hybridized carbons (Fsp3) is 0.467. The van der Waals surface area contributed by atoms with E-state index in [-0.39, 0.29) is 11.2 Å². The molecule has 0 radical (unpaired) electrons. The number of nitrogens with zero attached hydrogens (tertiary/aromatic N) is 2. The molecule has 1 aliphatic heterocycles. The molecular formula is C15H19BN2O2. The van der Waals surface area contributed by atoms with E-state index in [1.165, 1.54) is 0 Å². The van der Waals surface area contributed by atoms with Gasteiger partial charge in [0.1, 0.15) is 0 Å². The largest absolute Gasteiger partial charge is 0.497 e. The molecule has 0 unspecified atom stereocenters. The van der Waals surface area contributed by atoms with E-state index in [1.54, 1.807) is 12.4 Å². The van der Waals surface area contributed by atoms with E-state index in [0.717, 1.165) is 22.1 Å².